The Morgan fingerprint density at radius 3 is 2.80 bits per heavy atom. The minimum absolute atomic E-state index is 0.221. The molecule has 0 saturated carbocycles. The molecule has 0 aliphatic rings. The molecule has 0 aliphatic heterocycles. The highest BCUT2D eigenvalue weighted by atomic mass is 35.5. The van der Waals surface area contributed by atoms with Gasteiger partial charge in [0, 0.05) is 6.54 Å². The number of rotatable bonds is 5. The van der Waals surface area contributed by atoms with Crippen LogP contribution in [0.1, 0.15) is 24.2 Å². The van der Waals surface area contributed by atoms with E-state index in [-0.39, 0.29) is 11.8 Å². The van der Waals surface area contributed by atoms with Gasteiger partial charge in [-0.1, -0.05) is 17.7 Å². The van der Waals surface area contributed by atoms with Crippen molar-refractivity contribution in [1.82, 2.24) is 15.1 Å². The number of nitrogens with zero attached hydrogens (tertiary/aromatic N) is 2. The molecular weight excluding hydrogens is 281 g/mol. The Hall–Kier alpha value is -1.59. The number of hydrogen-bond acceptors (Lipinski definition) is 3. The van der Waals surface area contributed by atoms with E-state index in [1.165, 1.54) is 13.2 Å². The summed E-state index contributed by atoms with van der Waals surface area (Å²) >= 11 is 6.20. The standard InChI is InChI=1S/C14H17ClFN3O/c1-4-19-14(10(15)8-18-19)13(17-2)9-5-6-12(20-3)11(16)7-9/h5-8,13,17H,4H2,1-3H3. The van der Waals surface area contributed by atoms with Crippen molar-refractivity contribution in [3.63, 3.8) is 0 Å². The highest BCUT2D eigenvalue weighted by Gasteiger charge is 2.21. The smallest absolute Gasteiger partial charge is 0.165 e. The molecule has 2 aromatic rings. The zero-order valence-electron chi connectivity index (χ0n) is 11.7. The van der Waals surface area contributed by atoms with Crippen molar-refractivity contribution in [2.45, 2.75) is 19.5 Å². The van der Waals surface area contributed by atoms with Crippen LogP contribution in [0.5, 0.6) is 5.75 Å². The van der Waals surface area contributed by atoms with Crippen LogP contribution in [0.3, 0.4) is 0 Å². The summed E-state index contributed by atoms with van der Waals surface area (Å²) in [6.07, 6.45) is 1.60. The van der Waals surface area contributed by atoms with E-state index in [1.54, 1.807) is 24.0 Å². The number of ether oxygens (including phenoxy) is 1. The summed E-state index contributed by atoms with van der Waals surface area (Å²) in [4.78, 5) is 0. The largest absolute Gasteiger partial charge is 0.494 e. The monoisotopic (exact) mass is 297 g/mol. The Morgan fingerprint density at radius 2 is 2.25 bits per heavy atom. The van der Waals surface area contributed by atoms with Gasteiger partial charge in [-0.25, -0.2) is 4.39 Å². The van der Waals surface area contributed by atoms with Crippen LogP contribution in [0.15, 0.2) is 24.4 Å². The summed E-state index contributed by atoms with van der Waals surface area (Å²) in [6.45, 7) is 2.67. The Kier molecular flexibility index (Phi) is 4.62. The Bertz CT molecular complexity index is 600. The van der Waals surface area contributed by atoms with E-state index in [0.717, 1.165) is 11.3 Å². The molecule has 4 nitrogen and oxygen atoms in total. The Labute approximate surface area is 122 Å². The van der Waals surface area contributed by atoms with Gasteiger partial charge in [-0.05, 0) is 31.7 Å². The first-order chi connectivity index (χ1) is 9.62. The molecule has 0 radical (unpaired) electrons. The molecule has 20 heavy (non-hydrogen) atoms. The van der Waals surface area contributed by atoms with Crippen molar-refractivity contribution in [1.29, 1.82) is 0 Å². The van der Waals surface area contributed by atoms with Crippen LogP contribution in [0, 0.1) is 5.82 Å². The summed E-state index contributed by atoms with van der Waals surface area (Å²) < 4.78 is 20.6. The fourth-order valence-electron chi connectivity index (χ4n) is 2.23. The summed E-state index contributed by atoms with van der Waals surface area (Å²) in [6, 6.07) is 4.64. The summed E-state index contributed by atoms with van der Waals surface area (Å²) in [7, 11) is 3.24. The van der Waals surface area contributed by atoms with E-state index < -0.39 is 5.82 Å². The molecule has 1 N–H and O–H groups in total. The van der Waals surface area contributed by atoms with Gasteiger partial charge in [0.2, 0.25) is 0 Å². The first-order valence-electron chi connectivity index (χ1n) is 6.34. The van der Waals surface area contributed by atoms with E-state index in [4.69, 9.17) is 16.3 Å². The second-order valence-corrected chi connectivity index (χ2v) is 4.72. The van der Waals surface area contributed by atoms with E-state index in [9.17, 15) is 4.39 Å². The van der Waals surface area contributed by atoms with Crippen molar-refractivity contribution in [3.05, 3.63) is 46.5 Å². The van der Waals surface area contributed by atoms with E-state index >= 15 is 0 Å². The lowest BCUT2D eigenvalue weighted by molar-refractivity contribution is 0.385. The summed E-state index contributed by atoms with van der Waals surface area (Å²) in [5.74, 6) is -0.178. The van der Waals surface area contributed by atoms with E-state index in [2.05, 4.69) is 10.4 Å². The van der Waals surface area contributed by atoms with Gasteiger partial charge in [0.25, 0.3) is 0 Å². The van der Waals surface area contributed by atoms with Gasteiger partial charge in [0.05, 0.1) is 30.1 Å². The second kappa shape index (κ2) is 6.24. The maximum Gasteiger partial charge on any atom is 0.165 e. The normalized spacial score (nSPS) is 12.4. The minimum atomic E-state index is -0.399. The first kappa shape index (κ1) is 14.8. The van der Waals surface area contributed by atoms with Gasteiger partial charge in [-0.3, -0.25) is 4.68 Å². The molecule has 6 heteroatoms. The molecule has 0 aliphatic carbocycles. The van der Waals surface area contributed by atoms with Gasteiger partial charge in [-0.2, -0.15) is 5.10 Å². The van der Waals surface area contributed by atoms with Crippen LogP contribution in [0.25, 0.3) is 0 Å². The Balaban J connectivity index is 2.47. The zero-order valence-corrected chi connectivity index (χ0v) is 12.4. The number of nitrogens with one attached hydrogen (secondary N) is 1. The van der Waals surface area contributed by atoms with Crippen molar-refractivity contribution in [3.8, 4) is 5.75 Å². The van der Waals surface area contributed by atoms with Crippen LogP contribution in [-0.4, -0.2) is 23.9 Å². The van der Waals surface area contributed by atoms with Crippen molar-refractivity contribution >= 4 is 11.6 Å². The molecule has 0 saturated heterocycles. The molecule has 1 aromatic heterocycles. The molecule has 0 amide bonds. The van der Waals surface area contributed by atoms with Crippen LogP contribution in [0.2, 0.25) is 5.02 Å². The SMILES string of the molecule is CCn1ncc(Cl)c1C(NC)c1ccc(OC)c(F)c1. The van der Waals surface area contributed by atoms with Gasteiger partial charge < -0.3 is 10.1 Å². The summed E-state index contributed by atoms with van der Waals surface area (Å²) in [5, 5.41) is 7.92. The molecule has 0 bridgehead atoms. The number of benzene rings is 1. The zero-order chi connectivity index (χ0) is 14.7. The minimum Gasteiger partial charge on any atom is -0.494 e. The fourth-order valence-corrected chi connectivity index (χ4v) is 2.48. The quantitative estimate of drug-likeness (QED) is 0.922. The van der Waals surface area contributed by atoms with Gasteiger partial charge in [0.15, 0.2) is 11.6 Å². The van der Waals surface area contributed by atoms with E-state index in [0.29, 0.717) is 11.6 Å². The third-order valence-corrected chi connectivity index (χ3v) is 3.50. The maximum atomic E-state index is 13.9. The van der Waals surface area contributed by atoms with Gasteiger partial charge >= 0.3 is 0 Å². The average molecular weight is 298 g/mol. The predicted octanol–water partition coefficient (Wildman–Crippen LogP) is 3.01. The number of aromatic nitrogens is 2. The lowest BCUT2D eigenvalue weighted by Crippen LogP contribution is -2.22. The number of halogens is 2. The highest BCUT2D eigenvalue weighted by molar-refractivity contribution is 6.31. The van der Waals surface area contributed by atoms with Gasteiger partial charge in [0.1, 0.15) is 0 Å². The maximum absolute atomic E-state index is 13.9. The van der Waals surface area contributed by atoms with Gasteiger partial charge in [-0.15, -0.1) is 0 Å². The number of hydrogen-bond donors (Lipinski definition) is 1. The van der Waals surface area contributed by atoms with Crippen molar-refractivity contribution < 1.29 is 9.13 Å². The third kappa shape index (κ3) is 2.64. The van der Waals surface area contributed by atoms with Crippen LogP contribution in [-0.2, 0) is 6.54 Å². The molecule has 2 rings (SSSR count). The third-order valence-electron chi connectivity index (χ3n) is 3.20. The highest BCUT2D eigenvalue weighted by Crippen LogP contribution is 2.30. The number of aryl methyl sites for hydroxylation is 1. The molecular formula is C14H17ClFN3O. The predicted molar refractivity (Wildman–Crippen MR) is 76.8 cm³/mol. The van der Waals surface area contributed by atoms with Crippen LogP contribution >= 0.6 is 11.6 Å². The molecule has 1 atom stereocenters. The first-order valence-corrected chi connectivity index (χ1v) is 6.72. The molecule has 1 unspecified atom stereocenters. The second-order valence-electron chi connectivity index (χ2n) is 4.31. The Morgan fingerprint density at radius 1 is 1.50 bits per heavy atom. The topological polar surface area (TPSA) is 39.1 Å². The molecule has 0 fully saturated rings. The molecule has 1 heterocycles. The fraction of sp³-hybridized carbons (Fsp3) is 0.357. The molecule has 108 valence electrons. The average Bonchev–Trinajstić information content (AvgIpc) is 2.81. The van der Waals surface area contributed by atoms with Crippen molar-refractivity contribution in [2.24, 2.45) is 0 Å². The molecule has 1 aromatic carbocycles. The van der Waals surface area contributed by atoms with Crippen LogP contribution in [0.4, 0.5) is 4.39 Å². The lowest BCUT2D eigenvalue weighted by Gasteiger charge is -2.19. The number of methoxy groups -OCH3 is 1. The lowest BCUT2D eigenvalue weighted by atomic mass is 10.0. The van der Waals surface area contributed by atoms with Crippen LogP contribution < -0.4 is 10.1 Å². The molecule has 0 spiro atoms. The van der Waals surface area contributed by atoms with Crippen molar-refractivity contribution in [2.75, 3.05) is 14.2 Å². The summed E-state index contributed by atoms with van der Waals surface area (Å²) in [5.41, 5.74) is 1.59. The van der Waals surface area contributed by atoms with E-state index in [1.807, 2.05) is 13.0 Å².